The van der Waals surface area contributed by atoms with E-state index in [2.05, 4.69) is 34.0 Å². The molecular formula is C10H18N4. The Balaban J connectivity index is 2.82. The third-order valence-electron chi connectivity index (χ3n) is 2.15. The number of nitrogens with one attached hydrogen (secondary N) is 1. The molecule has 4 heteroatoms. The van der Waals surface area contributed by atoms with Crippen molar-refractivity contribution in [2.24, 2.45) is 0 Å². The van der Waals surface area contributed by atoms with Gasteiger partial charge in [-0.1, -0.05) is 0 Å². The summed E-state index contributed by atoms with van der Waals surface area (Å²) in [5.41, 5.74) is 0. The average Bonchev–Trinajstić information content (AvgIpc) is 2.17. The predicted octanol–water partition coefficient (Wildman–Crippen LogP) is 1.75. The summed E-state index contributed by atoms with van der Waals surface area (Å²) in [6, 6.07) is 2.41. The summed E-state index contributed by atoms with van der Waals surface area (Å²) in [5, 5.41) is 3.16. The number of aromatic nitrogens is 2. The molecule has 0 radical (unpaired) electrons. The molecule has 0 spiro atoms. The van der Waals surface area contributed by atoms with Gasteiger partial charge in [0.25, 0.3) is 0 Å². The van der Waals surface area contributed by atoms with Gasteiger partial charge in [-0.15, -0.1) is 0 Å². The molecule has 78 valence electrons. The number of hydrogen-bond acceptors (Lipinski definition) is 4. The van der Waals surface area contributed by atoms with Crippen molar-refractivity contribution in [1.82, 2.24) is 9.97 Å². The lowest BCUT2D eigenvalue weighted by Crippen LogP contribution is -2.26. The number of rotatable bonds is 4. The van der Waals surface area contributed by atoms with Gasteiger partial charge in [0.15, 0.2) is 0 Å². The number of nitrogens with zero attached hydrogens (tertiary/aromatic N) is 3. The summed E-state index contributed by atoms with van der Waals surface area (Å²) in [5.74, 6) is 1.83. The minimum atomic E-state index is 0.444. The highest BCUT2D eigenvalue weighted by Crippen LogP contribution is 2.14. The van der Waals surface area contributed by atoms with Gasteiger partial charge in [0.1, 0.15) is 18.0 Å². The lowest BCUT2D eigenvalue weighted by atomic mass is 10.3. The van der Waals surface area contributed by atoms with Crippen molar-refractivity contribution in [2.45, 2.75) is 26.8 Å². The van der Waals surface area contributed by atoms with E-state index in [1.165, 1.54) is 0 Å². The van der Waals surface area contributed by atoms with Gasteiger partial charge in [-0.3, -0.25) is 0 Å². The second kappa shape index (κ2) is 4.79. The van der Waals surface area contributed by atoms with Gasteiger partial charge in [-0.2, -0.15) is 0 Å². The van der Waals surface area contributed by atoms with Crippen LogP contribution in [0.3, 0.4) is 0 Å². The summed E-state index contributed by atoms with van der Waals surface area (Å²) in [6.07, 6.45) is 1.59. The third-order valence-corrected chi connectivity index (χ3v) is 2.15. The van der Waals surface area contributed by atoms with Crippen LogP contribution >= 0.6 is 0 Å². The van der Waals surface area contributed by atoms with Crippen molar-refractivity contribution < 1.29 is 0 Å². The molecule has 0 saturated heterocycles. The van der Waals surface area contributed by atoms with E-state index >= 15 is 0 Å². The number of hydrogen-bond donors (Lipinski definition) is 1. The Bertz CT molecular complexity index is 285. The quantitative estimate of drug-likeness (QED) is 0.793. The zero-order valence-corrected chi connectivity index (χ0v) is 9.28. The standard InChI is InChI=1S/C10H18N4/c1-5-11-9-6-10(13-7-12-9)14(4)8(2)3/h6-8H,5H2,1-4H3,(H,11,12,13). The van der Waals surface area contributed by atoms with E-state index in [1.807, 2.05) is 20.0 Å². The maximum atomic E-state index is 4.22. The molecule has 0 fully saturated rings. The second-order valence-electron chi connectivity index (χ2n) is 3.50. The molecule has 0 bridgehead atoms. The molecule has 0 aliphatic rings. The van der Waals surface area contributed by atoms with E-state index in [-0.39, 0.29) is 0 Å². The Kier molecular flexibility index (Phi) is 3.68. The van der Waals surface area contributed by atoms with Gasteiger partial charge in [0.05, 0.1) is 0 Å². The summed E-state index contributed by atoms with van der Waals surface area (Å²) < 4.78 is 0. The van der Waals surface area contributed by atoms with Gasteiger partial charge in [0, 0.05) is 25.7 Å². The molecule has 0 aliphatic heterocycles. The first-order valence-corrected chi connectivity index (χ1v) is 4.94. The highest BCUT2D eigenvalue weighted by atomic mass is 15.2. The van der Waals surface area contributed by atoms with E-state index < -0.39 is 0 Å². The molecule has 1 rings (SSSR count). The molecule has 0 atom stereocenters. The summed E-state index contributed by atoms with van der Waals surface area (Å²) in [6.45, 7) is 7.19. The van der Waals surface area contributed by atoms with Crippen molar-refractivity contribution >= 4 is 11.6 Å². The van der Waals surface area contributed by atoms with E-state index in [0.29, 0.717) is 6.04 Å². The van der Waals surface area contributed by atoms with Crippen LogP contribution in [0.4, 0.5) is 11.6 Å². The fourth-order valence-corrected chi connectivity index (χ4v) is 1.08. The molecule has 14 heavy (non-hydrogen) atoms. The smallest absolute Gasteiger partial charge is 0.134 e. The molecule has 4 nitrogen and oxygen atoms in total. The van der Waals surface area contributed by atoms with Gasteiger partial charge in [-0.05, 0) is 20.8 Å². The molecule has 1 aromatic rings. The van der Waals surface area contributed by atoms with Gasteiger partial charge in [-0.25, -0.2) is 9.97 Å². The second-order valence-corrected chi connectivity index (χ2v) is 3.50. The van der Waals surface area contributed by atoms with Crippen LogP contribution in [-0.2, 0) is 0 Å². The minimum absolute atomic E-state index is 0.444. The Labute approximate surface area is 85.4 Å². The lowest BCUT2D eigenvalue weighted by Gasteiger charge is -2.22. The Morgan fingerprint density at radius 1 is 1.43 bits per heavy atom. The highest BCUT2D eigenvalue weighted by molar-refractivity contribution is 5.48. The van der Waals surface area contributed by atoms with Gasteiger partial charge >= 0.3 is 0 Å². The normalized spacial score (nSPS) is 10.4. The molecular weight excluding hydrogens is 176 g/mol. The minimum Gasteiger partial charge on any atom is -0.370 e. The van der Waals surface area contributed by atoms with Crippen LogP contribution in [0.1, 0.15) is 20.8 Å². The molecule has 1 heterocycles. The highest BCUT2D eigenvalue weighted by Gasteiger charge is 2.06. The van der Waals surface area contributed by atoms with Crippen LogP contribution in [0.5, 0.6) is 0 Å². The van der Waals surface area contributed by atoms with Crippen molar-refractivity contribution in [3.63, 3.8) is 0 Å². The zero-order valence-electron chi connectivity index (χ0n) is 9.28. The Hall–Kier alpha value is -1.32. The van der Waals surface area contributed by atoms with Crippen molar-refractivity contribution in [3.8, 4) is 0 Å². The van der Waals surface area contributed by atoms with Crippen LogP contribution in [0.15, 0.2) is 12.4 Å². The molecule has 0 aliphatic carbocycles. The van der Waals surface area contributed by atoms with Crippen molar-refractivity contribution in [1.29, 1.82) is 0 Å². The topological polar surface area (TPSA) is 41.0 Å². The summed E-state index contributed by atoms with van der Waals surface area (Å²) >= 11 is 0. The van der Waals surface area contributed by atoms with Crippen LogP contribution < -0.4 is 10.2 Å². The molecule has 0 amide bonds. The molecule has 1 aromatic heterocycles. The van der Waals surface area contributed by atoms with Crippen LogP contribution in [0.2, 0.25) is 0 Å². The first kappa shape index (κ1) is 10.8. The first-order chi connectivity index (χ1) is 6.65. The Morgan fingerprint density at radius 2 is 2.14 bits per heavy atom. The van der Waals surface area contributed by atoms with Crippen molar-refractivity contribution in [3.05, 3.63) is 12.4 Å². The molecule has 0 unspecified atom stereocenters. The summed E-state index contributed by atoms with van der Waals surface area (Å²) in [7, 11) is 2.03. The SMILES string of the molecule is CCNc1cc(N(C)C(C)C)ncn1. The maximum absolute atomic E-state index is 4.22. The van der Waals surface area contributed by atoms with Crippen LogP contribution in [-0.4, -0.2) is 29.6 Å². The Morgan fingerprint density at radius 3 is 2.71 bits per heavy atom. The fraction of sp³-hybridized carbons (Fsp3) is 0.600. The van der Waals surface area contributed by atoms with E-state index in [4.69, 9.17) is 0 Å². The molecule has 1 N–H and O–H groups in total. The third kappa shape index (κ3) is 2.58. The molecule has 0 aromatic carbocycles. The predicted molar refractivity (Wildman–Crippen MR) is 59.7 cm³/mol. The summed E-state index contributed by atoms with van der Waals surface area (Å²) in [4.78, 5) is 10.5. The average molecular weight is 194 g/mol. The van der Waals surface area contributed by atoms with E-state index in [1.54, 1.807) is 6.33 Å². The monoisotopic (exact) mass is 194 g/mol. The van der Waals surface area contributed by atoms with Gasteiger partial charge < -0.3 is 10.2 Å². The molecule has 0 saturated carbocycles. The maximum Gasteiger partial charge on any atom is 0.134 e. The van der Waals surface area contributed by atoms with Gasteiger partial charge in [0.2, 0.25) is 0 Å². The van der Waals surface area contributed by atoms with Crippen molar-refractivity contribution in [2.75, 3.05) is 23.8 Å². The van der Waals surface area contributed by atoms with Crippen LogP contribution in [0.25, 0.3) is 0 Å². The fourth-order valence-electron chi connectivity index (χ4n) is 1.08. The van der Waals surface area contributed by atoms with E-state index in [0.717, 1.165) is 18.2 Å². The zero-order chi connectivity index (χ0) is 10.6. The van der Waals surface area contributed by atoms with Crippen LogP contribution in [0, 0.1) is 0 Å². The first-order valence-electron chi connectivity index (χ1n) is 4.94. The largest absolute Gasteiger partial charge is 0.370 e. The lowest BCUT2D eigenvalue weighted by molar-refractivity contribution is 0.741. The van der Waals surface area contributed by atoms with E-state index in [9.17, 15) is 0 Å². The number of anilines is 2.